The summed E-state index contributed by atoms with van der Waals surface area (Å²) in [5.41, 5.74) is 3.33. The molecule has 154 valence electrons. The van der Waals surface area contributed by atoms with Crippen LogP contribution < -0.4 is 15.4 Å². The molecule has 3 aromatic rings. The molecule has 0 aliphatic rings. The number of aromatic nitrogens is 1. The van der Waals surface area contributed by atoms with Crippen molar-refractivity contribution in [2.24, 2.45) is 4.99 Å². The molecule has 0 aliphatic carbocycles. The molecular formula is C22H27IN4OS. The molecule has 5 nitrogen and oxygen atoms in total. The number of nitrogens with one attached hydrogen (secondary N) is 2. The van der Waals surface area contributed by atoms with E-state index in [0.717, 1.165) is 33.5 Å². The summed E-state index contributed by atoms with van der Waals surface area (Å²) >= 11 is 1.71. The first-order chi connectivity index (χ1) is 13.7. The van der Waals surface area contributed by atoms with Crippen LogP contribution in [0.15, 0.2) is 59.6 Å². The maximum absolute atomic E-state index is 6.02. The van der Waals surface area contributed by atoms with Crippen LogP contribution >= 0.6 is 35.3 Å². The fourth-order valence-electron chi connectivity index (χ4n) is 2.90. The molecule has 7 heteroatoms. The molecule has 1 aromatic heterocycles. The lowest BCUT2D eigenvalue weighted by Gasteiger charge is -2.14. The summed E-state index contributed by atoms with van der Waals surface area (Å²) in [5.74, 6) is 1.64. The Balaban J connectivity index is 0.00000300. The van der Waals surface area contributed by atoms with Crippen LogP contribution in [-0.2, 0) is 6.54 Å². The molecule has 0 bridgehead atoms. The van der Waals surface area contributed by atoms with Crippen LogP contribution in [-0.4, -0.2) is 31.1 Å². The molecule has 0 unspecified atom stereocenters. The third-order valence-electron chi connectivity index (χ3n) is 4.26. The van der Waals surface area contributed by atoms with Crippen molar-refractivity contribution in [3.8, 4) is 16.9 Å². The molecule has 29 heavy (non-hydrogen) atoms. The number of aliphatic imine (C=N–C) groups is 1. The first kappa shape index (κ1) is 23.2. The lowest BCUT2D eigenvalue weighted by molar-refractivity contribution is 0.323. The maximum atomic E-state index is 6.02. The Morgan fingerprint density at radius 2 is 1.76 bits per heavy atom. The van der Waals surface area contributed by atoms with E-state index in [4.69, 9.17) is 4.74 Å². The van der Waals surface area contributed by atoms with Crippen LogP contribution in [0.4, 0.5) is 0 Å². The van der Waals surface area contributed by atoms with E-state index >= 15 is 0 Å². The summed E-state index contributed by atoms with van der Waals surface area (Å²) < 4.78 is 6.02. The largest absolute Gasteiger partial charge is 0.491 e. The van der Waals surface area contributed by atoms with Crippen molar-refractivity contribution in [1.29, 1.82) is 0 Å². The Bertz CT molecular complexity index is 928. The third kappa shape index (κ3) is 6.71. The highest BCUT2D eigenvalue weighted by Gasteiger charge is 2.07. The van der Waals surface area contributed by atoms with Gasteiger partial charge in [0.1, 0.15) is 12.4 Å². The number of thiazole rings is 1. The minimum Gasteiger partial charge on any atom is -0.491 e. The number of rotatable bonds is 7. The van der Waals surface area contributed by atoms with Crippen LogP contribution in [0.1, 0.15) is 15.6 Å². The summed E-state index contributed by atoms with van der Waals surface area (Å²) in [4.78, 5) is 9.96. The van der Waals surface area contributed by atoms with Gasteiger partial charge in [0.05, 0.1) is 23.8 Å². The van der Waals surface area contributed by atoms with E-state index in [0.29, 0.717) is 19.7 Å². The van der Waals surface area contributed by atoms with E-state index in [1.165, 1.54) is 4.88 Å². The van der Waals surface area contributed by atoms with E-state index in [1.54, 1.807) is 18.4 Å². The highest BCUT2D eigenvalue weighted by Crippen LogP contribution is 2.29. The van der Waals surface area contributed by atoms with Crippen LogP contribution in [0.25, 0.3) is 11.1 Å². The van der Waals surface area contributed by atoms with Gasteiger partial charge in [-0.2, -0.15) is 0 Å². The van der Waals surface area contributed by atoms with Crippen molar-refractivity contribution in [2.45, 2.75) is 20.4 Å². The van der Waals surface area contributed by atoms with Gasteiger partial charge in [-0.3, -0.25) is 4.99 Å². The van der Waals surface area contributed by atoms with E-state index in [9.17, 15) is 0 Å². The number of nitrogens with zero attached hydrogens (tertiary/aromatic N) is 2. The molecule has 1 heterocycles. The molecule has 0 radical (unpaired) electrons. The molecule has 0 saturated heterocycles. The molecule has 0 aliphatic heterocycles. The standard InChI is InChI=1S/C22H26N4OS.HI/c1-16-21(28-17(2)26-16)15-25-22(23-3)24-13-14-27-20-12-8-7-11-19(20)18-9-5-4-6-10-18;/h4-12H,13-15H2,1-3H3,(H2,23,24,25);1H. The number of hydrogen-bond donors (Lipinski definition) is 2. The zero-order valence-corrected chi connectivity index (χ0v) is 20.1. The first-order valence-corrected chi connectivity index (χ1v) is 10.1. The quantitative estimate of drug-likeness (QED) is 0.203. The van der Waals surface area contributed by atoms with Gasteiger partial charge < -0.3 is 15.4 Å². The van der Waals surface area contributed by atoms with E-state index in [2.05, 4.69) is 38.8 Å². The average Bonchev–Trinajstić information content (AvgIpc) is 3.05. The normalized spacial score (nSPS) is 10.9. The molecule has 0 spiro atoms. The van der Waals surface area contributed by atoms with Gasteiger partial charge in [-0.1, -0.05) is 48.5 Å². The second-order valence-electron chi connectivity index (χ2n) is 6.30. The molecule has 2 aromatic carbocycles. The SMILES string of the molecule is CN=C(NCCOc1ccccc1-c1ccccc1)NCc1sc(C)nc1C.I. The van der Waals surface area contributed by atoms with Gasteiger partial charge >= 0.3 is 0 Å². The third-order valence-corrected chi connectivity index (χ3v) is 5.34. The fraction of sp³-hybridized carbons (Fsp3) is 0.273. The topological polar surface area (TPSA) is 58.5 Å². The van der Waals surface area contributed by atoms with E-state index < -0.39 is 0 Å². The molecule has 0 saturated carbocycles. The fourth-order valence-corrected chi connectivity index (χ4v) is 3.78. The summed E-state index contributed by atoms with van der Waals surface area (Å²) in [5, 5.41) is 7.71. The second kappa shape index (κ2) is 11.8. The number of halogens is 1. The summed E-state index contributed by atoms with van der Waals surface area (Å²) in [7, 11) is 1.77. The van der Waals surface area contributed by atoms with Crippen molar-refractivity contribution < 1.29 is 4.74 Å². The summed E-state index contributed by atoms with van der Waals surface area (Å²) in [6.07, 6.45) is 0. The van der Waals surface area contributed by atoms with E-state index in [-0.39, 0.29) is 24.0 Å². The maximum Gasteiger partial charge on any atom is 0.191 e. The summed E-state index contributed by atoms with van der Waals surface area (Å²) in [6, 6.07) is 18.4. The molecular weight excluding hydrogens is 495 g/mol. The molecule has 0 fully saturated rings. The van der Waals surface area contributed by atoms with Crippen molar-refractivity contribution >= 4 is 41.3 Å². The Morgan fingerprint density at radius 1 is 1.03 bits per heavy atom. The zero-order chi connectivity index (χ0) is 19.8. The number of ether oxygens (including phenoxy) is 1. The van der Waals surface area contributed by atoms with E-state index in [1.807, 2.05) is 50.2 Å². The zero-order valence-electron chi connectivity index (χ0n) is 16.9. The number of para-hydroxylation sites is 1. The molecule has 0 amide bonds. The number of guanidine groups is 1. The first-order valence-electron chi connectivity index (χ1n) is 9.32. The predicted octanol–water partition coefficient (Wildman–Crippen LogP) is 4.79. The summed E-state index contributed by atoms with van der Waals surface area (Å²) in [6.45, 7) is 5.98. The lowest BCUT2D eigenvalue weighted by Crippen LogP contribution is -2.38. The van der Waals surface area contributed by atoms with Crippen LogP contribution in [0.5, 0.6) is 5.75 Å². The molecule has 0 atom stereocenters. The van der Waals surface area contributed by atoms with Crippen molar-refractivity contribution in [3.05, 3.63) is 70.2 Å². The lowest BCUT2D eigenvalue weighted by atomic mass is 10.1. The average molecular weight is 522 g/mol. The Labute approximate surface area is 193 Å². The second-order valence-corrected chi connectivity index (χ2v) is 7.59. The van der Waals surface area contributed by atoms with Crippen LogP contribution in [0.3, 0.4) is 0 Å². The van der Waals surface area contributed by atoms with Gasteiger partial charge in [0, 0.05) is 17.5 Å². The number of aryl methyl sites for hydroxylation is 2. The van der Waals surface area contributed by atoms with Gasteiger partial charge in [0.15, 0.2) is 5.96 Å². The van der Waals surface area contributed by atoms with Gasteiger partial charge in [-0.15, -0.1) is 35.3 Å². The van der Waals surface area contributed by atoms with Crippen molar-refractivity contribution in [3.63, 3.8) is 0 Å². The highest BCUT2D eigenvalue weighted by atomic mass is 127. The van der Waals surface area contributed by atoms with Gasteiger partial charge in [0.25, 0.3) is 0 Å². The number of hydrogen-bond acceptors (Lipinski definition) is 4. The monoisotopic (exact) mass is 522 g/mol. The Morgan fingerprint density at radius 3 is 2.45 bits per heavy atom. The predicted molar refractivity (Wildman–Crippen MR) is 133 cm³/mol. The molecule has 2 N–H and O–H groups in total. The Kier molecular flexibility index (Phi) is 9.40. The minimum atomic E-state index is 0. The number of benzene rings is 2. The highest BCUT2D eigenvalue weighted by molar-refractivity contribution is 14.0. The minimum absolute atomic E-state index is 0. The van der Waals surface area contributed by atoms with Gasteiger partial charge in [-0.05, 0) is 25.5 Å². The van der Waals surface area contributed by atoms with Crippen molar-refractivity contribution in [2.75, 3.05) is 20.2 Å². The van der Waals surface area contributed by atoms with Crippen LogP contribution in [0, 0.1) is 13.8 Å². The smallest absolute Gasteiger partial charge is 0.191 e. The molecule has 3 rings (SSSR count). The van der Waals surface area contributed by atoms with Gasteiger partial charge in [-0.25, -0.2) is 4.98 Å². The van der Waals surface area contributed by atoms with Crippen LogP contribution in [0.2, 0.25) is 0 Å². The van der Waals surface area contributed by atoms with Crippen molar-refractivity contribution in [1.82, 2.24) is 15.6 Å². The van der Waals surface area contributed by atoms with Gasteiger partial charge in [0.2, 0.25) is 0 Å². The Hall–Kier alpha value is -2.13.